The highest BCUT2D eigenvalue weighted by molar-refractivity contribution is 5.29. The van der Waals surface area contributed by atoms with Gasteiger partial charge >= 0.3 is 0 Å². The summed E-state index contributed by atoms with van der Waals surface area (Å²) in [6, 6.07) is 8.92. The Balaban J connectivity index is 1.56. The molecule has 19 heavy (non-hydrogen) atoms. The van der Waals surface area contributed by atoms with Crippen molar-refractivity contribution in [2.24, 2.45) is 0 Å². The van der Waals surface area contributed by atoms with Crippen molar-refractivity contribution < 1.29 is 0 Å². The van der Waals surface area contributed by atoms with Gasteiger partial charge in [0.1, 0.15) is 12.2 Å². The third kappa shape index (κ3) is 3.01. The molecule has 0 bridgehead atoms. The van der Waals surface area contributed by atoms with Gasteiger partial charge in [0, 0.05) is 13.1 Å². The van der Waals surface area contributed by atoms with Crippen LogP contribution in [0.25, 0.3) is 0 Å². The van der Waals surface area contributed by atoms with E-state index in [0.29, 0.717) is 0 Å². The molecule has 100 valence electrons. The summed E-state index contributed by atoms with van der Waals surface area (Å²) in [4.78, 5) is 0. The standard InChI is InChI=1S/C15H20N4/c1-2-19-11-17-18-15(19)10-16-9-12-4-3-5-14(8-12)13-6-7-13/h3-5,8,11,13,16H,2,6-7,9-10H2,1H3. The second-order valence-electron chi connectivity index (χ2n) is 5.16. The van der Waals surface area contributed by atoms with Crippen LogP contribution in [-0.2, 0) is 19.6 Å². The normalized spacial score (nSPS) is 14.8. The number of nitrogens with zero attached hydrogens (tertiary/aromatic N) is 3. The minimum Gasteiger partial charge on any atom is -0.317 e. The zero-order chi connectivity index (χ0) is 13.1. The Labute approximate surface area is 113 Å². The smallest absolute Gasteiger partial charge is 0.146 e. The number of aromatic nitrogens is 3. The first-order chi connectivity index (χ1) is 9.36. The number of benzene rings is 1. The minimum atomic E-state index is 0.765. The van der Waals surface area contributed by atoms with E-state index in [1.54, 1.807) is 6.33 Å². The van der Waals surface area contributed by atoms with Crippen LogP contribution >= 0.6 is 0 Å². The van der Waals surface area contributed by atoms with E-state index in [1.165, 1.54) is 24.0 Å². The quantitative estimate of drug-likeness (QED) is 0.863. The van der Waals surface area contributed by atoms with E-state index >= 15 is 0 Å². The van der Waals surface area contributed by atoms with Crippen LogP contribution in [0.1, 0.15) is 42.6 Å². The molecule has 1 aliphatic carbocycles. The Bertz CT molecular complexity index is 543. The van der Waals surface area contributed by atoms with Gasteiger partial charge in [0.25, 0.3) is 0 Å². The fourth-order valence-electron chi connectivity index (χ4n) is 2.37. The molecule has 0 amide bonds. The molecule has 0 radical (unpaired) electrons. The van der Waals surface area contributed by atoms with Crippen LogP contribution in [0.15, 0.2) is 30.6 Å². The van der Waals surface area contributed by atoms with Crippen molar-refractivity contribution in [1.82, 2.24) is 20.1 Å². The van der Waals surface area contributed by atoms with Crippen LogP contribution in [0.3, 0.4) is 0 Å². The van der Waals surface area contributed by atoms with E-state index in [1.807, 2.05) is 0 Å². The summed E-state index contributed by atoms with van der Waals surface area (Å²) in [5.41, 5.74) is 2.85. The third-order valence-corrected chi connectivity index (χ3v) is 3.65. The van der Waals surface area contributed by atoms with Gasteiger partial charge in [-0.2, -0.15) is 0 Å². The van der Waals surface area contributed by atoms with Gasteiger partial charge in [-0.15, -0.1) is 10.2 Å². The summed E-state index contributed by atoms with van der Waals surface area (Å²) in [5.74, 6) is 1.82. The van der Waals surface area contributed by atoms with Crippen LogP contribution < -0.4 is 5.32 Å². The summed E-state index contributed by atoms with van der Waals surface area (Å²) in [7, 11) is 0. The molecule has 0 aliphatic heterocycles. The Morgan fingerprint density at radius 1 is 1.32 bits per heavy atom. The van der Waals surface area contributed by atoms with E-state index in [9.17, 15) is 0 Å². The van der Waals surface area contributed by atoms with E-state index in [2.05, 4.69) is 51.3 Å². The molecular formula is C15H20N4. The molecule has 1 saturated carbocycles. The van der Waals surface area contributed by atoms with Gasteiger partial charge in [-0.25, -0.2) is 0 Å². The Kier molecular flexibility index (Phi) is 3.60. The lowest BCUT2D eigenvalue weighted by Gasteiger charge is -2.07. The SMILES string of the molecule is CCn1cnnc1CNCc1cccc(C2CC2)c1. The molecule has 1 aromatic heterocycles. The molecule has 3 rings (SSSR count). The van der Waals surface area contributed by atoms with Gasteiger partial charge in [-0.1, -0.05) is 24.3 Å². The second-order valence-corrected chi connectivity index (χ2v) is 5.16. The maximum atomic E-state index is 4.12. The van der Waals surface area contributed by atoms with Crippen molar-refractivity contribution in [3.8, 4) is 0 Å². The first-order valence-corrected chi connectivity index (χ1v) is 7.03. The summed E-state index contributed by atoms with van der Waals surface area (Å²) >= 11 is 0. The molecule has 1 N–H and O–H groups in total. The van der Waals surface area contributed by atoms with Crippen molar-refractivity contribution in [2.45, 2.75) is 45.3 Å². The molecule has 1 fully saturated rings. The molecule has 1 heterocycles. The molecule has 0 unspecified atom stereocenters. The fourth-order valence-corrected chi connectivity index (χ4v) is 2.37. The Morgan fingerprint density at radius 2 is 2.21 bits per heavy atom. The highest BCUT2D eigenvalue weighted by atomic mass is 15.3. The molecule has 1 aromatic carbocycles. The number of aryl methyl sites for hydroxylation is 1. The lowest BCUT2D eigenvalue weighted by Crippen LogP contribution is -2.16. The van der Waals surface area contributed by atoms with Crippen molar-refractivity contribution >= 4 is 0 Å². The molecular weight excluding hydrogens is 236 g/mol. The summed E-state index contributed by atoms with van der Waals surface area (Å²) in [6.07, 6.45) is 4.50. The molecule has 4 nitrogen and oxygen atoms in total. The van der Waals surface area contributed by atoms with Gasteiger partial charge in [-0.3, -0.25) is 0 Å². The van der Waals surface area contributed by atoms with Crippen LogP contribution in [0.5, 0.6) is 0 Å². The molecule has 0 saturated heterocycles. The molecule has 0 spiro atoms. The van der Waals surface area contributed by atoms with Crippen molar-refractivity contribution in [3.05, 3.63) is 47.5 Å². The topological polar surface area (TPSA) is 42.7 Å². The van der Waals surface area contributed by atoms with Crippen LogP contribution in [0, 0.1) is 0 Å². The first-order valence-electron chi connectivity index (χ1n) is 7.03. The van der Waals surface area contributed by atoms with E-state index in [4.69, 9.17) is 0 Å². The Morgan fingerprint density at radius 3 is 3.00 bits per heavy atom. The van der Waals surface area contributed by atoms with Crippen molar-refractivity contribution in [2.75, 3.05) is 0 Å². The zero-order valence-electron chi connectivity index (χ0n) is 11.3. The van der Waals surface area contributed by atoms with Crippen LogP contribution in [0.2, 0.25) is 0 Å². The maximum absolute atomic E-state index is 4.12. The largest absolute Gasteiger partial charge is 0.317 e. The lowest BCUT2D eigenvalue weighted by molar-refractivity contribution is 0.612. The molecule has 0 atom stereocenters. The van der Waals surface area contributed by atoms with E-state index < -0.39 is 0 Å². The monoisotopic (exact) mass is 256 g/mol. The van der Waals surface area contributed by atoms with Gasteiger partial charge < -0.3 is 9.88 Å². The molecule has 4 heteroatoms. The predicted molar refractivity (Wildman–Crippen MR) is 74.7 cm³/mol. The third-order valence-electron chi connectivity index (χ3n) is 3.65. The minimum absolute atomic E-state index is 0.765. The zero-order valence-corrected chi connectivity index (χ0v) is 11.3. The van der Waals surface area contributed by atoms with Crippen molar-refractivity contribution in [1.29, 1.82) is 0 Å². The fraction of sp³-hybridized carbons (Fsp3) is 0.467. The average Bonchev–Trinajstić information content (AvgIpc) is 3.20. The Hall–Kier alpha value is -1.68. The van der Waals surface area contributed by atoms with Crippen LogP contribution in [0.4, 0.5) is 0 Å². The van der Waals surface area contributed by atoms with Gasteiger partial charge in [0.15, 0.2) is 0 Å². The molecule has 2 aromatic rings. The number of nitrogens with one attached hydrogen (secondary N) is 1. The predicted octanol–water partition coefficient (Wildman–Crippen LogP) is 2.47. The number of hydrogen-bond acceptors (Lipinski definition) is 3. The van der Waals surface area contributed by atoms with Gasteiger partial charge in [0.05, 0.1) is 6.54 Å². The maximum Gasteiger partial charge on any atom is 0.146 e. The van der Waals surface area contributed by atoms with E-state index in [0.717, 1.165) is 31.4 Å². The van der Waals surface area contributed by atoms with Gasteiger partial charge in [0.2, 0.25) is 0 Å². The van der Waals surface area contributed by atoms with E-state index in [-0.39, 0.29) is 0 Å². The summed E-state index contributed by atoms with van der Waals surface area (Å²) in [5, 5.41) is 11.5. The lowest BCUT2D eigenvalue weighted by atomic mass is 10.1. The highest BCUT2D eigenvalue weighted by Gasteiger charge is 2.23. The number of hydrogen-bond donors (Lipinski definition) is 1. The number of rotatable bonds is 6. The summed E-state index contributed by atoms with van der Waals surface area (Å²) in [6.45, 7) is 4.67. The molecule has 1 aliphatic rings. The van der Waals surface area contributed by atoms with Gasteiger partial charge in [-0.05, 0) is 36.8 Å². The highest BCUT2D eigenvalue weighted by Crippen LogP contribution is 2.40. The van der Waals surface area contributed by atoms with Crippen molar-refractivity contribution in [3.63, 3.8) is 0 Å². The average molecular weight is 256 g/mol. The summed E-state index contributed by atoms with van der Waals surface area (Å²) < 4.78 is 2.06. The van der Waals surface area contributed by atoms with Crippen LogP contribution in [-0.4, -0.2) is 14.8 Å². The first kappa shape index (κ1) is 12.4. The second kappa shape index (κ2) is 5.53.